The van der Waals surface area contributed by atoms with Gasteiger partial charge in [0.05, 0.1) is 23.2 Å². The second-order valence-corrected chi connectivity index (χ2v) is 5.47. The predicted octanol–water partition coefficient (Wildman–Crippen LogP) is 3.17. The van der Waals surface area contributed by atoms with Gasteiger partial charge in [-0.1, -0.05) is 44.5 Å². The Labute approximate surface area is 163 Å². The maximum Gasteiger partial charge on any atom is 0.287 e. The lowest BCUT2D eigenvalue weighted by molar-refractivity contribution is -0.119. The minimum Gasteiger partial charge on any atom is -0.515 e. The highest BCUT2D eigenvalue weighted by molar-refractivity contribution is 6.35. The normalized spacial score (nSPS) is 11.4. The van der Waals surface area contributed by atoms with Gasteiger partial charge in [-0.2, -0.15) is 4.99 Å². The number of nitrogens with one attached hydrogen (secondary N) is 1. The molecule has 0 aliphatic heterocycles. The maximum absolute atomic E-state index is 12.3. The molecule has 7 nitrogen and oxygen atoms in total. The molecule has 1 heterocycles. The number of hydrogen-bond donors (Lipinski definition) is 2. The molecule has 0 unspecified atom stereocenters. The van der Waals surface area contributed by atoms with Crippen LogP contribution in [0.3, 0.4) is 0 Å². The van der Waals surface area contributed by atoms with Gasteiger partial charge in [0.1, 0.15) is 5.57 Å². The number of carbonyl (C=O) groups excluding carboxylic acids is 2. The fourth-order valence-electron chi connectivity index (χ4n) is 2.04. The molecule has 2 rings (SSSR count). The van der Waals surface area contributed by atoms with Crippen LogP contribution in [0.4, 0.5) is 5.69 Å². The zero-order valence-corrected chi connectivity index (χ0v) is 16.5. The van der Waals surface area contributed by atoms with Gasteiger partial charge in [0, 0.05) is 19.4 Å². The lowest BCUT2D eigenvalue weighted by Crippen LogP contribution is -2.24. The third kappa shape index (κ3) is 5.79. The van der Waals surface area contributed by atoms with Crippen molar-refractivity contribution >= 4 is 29.1 Å². The number of hydrogen-bond acceptors (Lipinski definition) is 4. The average Bonchev–Trinajstić information content (AvgIpc) is 2.67. The van der Waals surface area contributed by atoms with Crippen LogP contribution in [0.15, 0.2) is 53.6 Å². The Kier molecular flexibility index (Phi) is 8.95. The second-order valence-electron chi connectivity index (χ2n) is 5.09. The van der Waals surface area contributed by atoms with Crippen molar-refractivity contribution in [3.63, 3.8) is 0 Å². The molecule has 144 valence electrons. The Morgan fingerprint density at radius 1 is 1.37 bits per heavy atom. The standard InChI is InChI=1S/C17H17ClN4O3.C2H6/c1-3-11-5-4-6-13(15(11)18)20-16(24)12(10-23)17(25)21-14-9-19-7-8-22(14)2;1-2/h4-10,23H,3H2,1-2H3,(H,20,24);1-2H3/b12-10+,21-14?;. The molecule has 2 N–H and O–H groups in total. The van der Waals surface area contributed by atoms with Crippen molar-refractivity contribution in [2.24, 2.45) is 12.0 Å². The van der Waals surface area contributed by atoms with Crippen LogP contribution in [0.5, 0.6) is 0 Å². The van der Waals surface area contributed by atoms with Gasteiger partial charge in [-0.25, -0.2) is 0 Å². The summed E-state index contributed by atoms with van der Waals surface area (Å²) in [4.78, 5) is 32.2. The van der Waals surface area contributed by atoms with E-state index in [1.165, 1.54) is 12.4 Å². The molecule has 0 bridgehead atoms. The molecule has 0 saturated heterocycles. The Bertz CT molecular complexity index is 904. The maximum atomic E-state index is 12.3. The predicted molar refractivity (Wildman–Crippen MR) is 105 cm³/mol. The highest BCUT2D eigenvalue weighted by Crippen LogP contribution is 2.26. The van der Waals surface area contributed by atoms with E-state index >= 15 is 0 Å². The second kappa shape index (κ2) is 10.9. The molecule has 0 aliphatic rings. The van der Waals surface area contributed by atoms with Gasteiger partial charge < -0.3 is 15.0 Å². The molecule has 27 heavy (non-hydrogen) atoms. The molecule has 2 amide bonds. The zero-order valence-electron chi connectivity index (χ0n) is 15.7. The summed E-state index contributed by atoms with van der Waals surface area (Å²) in [6, 6.07) is 5.19. The molecule has 0 saturated carbocycles. The van der Waals surface area contributed by atoms with Crippen LogP contribution in [-0.2, 0) is 23.1 Å². The number of benzene rings is 1. The monoisotopic (exact) mass is 390 g/mol. The summed E-state index contributed by atoms with van der Waals surface area (Å²) >= 11 is 6.21. The quantitative estimate of drug-likeness (QED) is 0.362. The van der Waals surface area contributed by atoms with Gasteiger partial charge in [-0.3, -0.25) is 14.6 Å². The van der Waals surface area contributed by atoms with Crippen molar-refractivity contribution in [2.75, 3.05) is 5.32 Å². The van der Waals surface area contributed by atoms with E-state index in [1.807, 2.05) is 26.8 Å². The van der Waals surface area contributed by atoms with Crippen molar-refractivity contribution in [2.45, 2.75) is 27.2 Å². The largest absolute Gasteiger partial charge is 0.515 e. The van der Waals surface area contributed by atoms with E-state index in [2.05, 4.69) is 15.3 Å². The van der Waals surface area contributed by atoms with Crippen LogP contribution < -0.4 is 10.8 Å². The fraction of sp³-hybridized carbons (Fsp3) is 0.263. The first-order chi connectivity index (χ1) is 13.0. The highest BCUT2D eigenvalue weighted by atomic mass is 35.5. The van der Waals surface area contributed by atoms with Crippen molar-refractivity contribution < 1.29 is 14.7 Å². The number of rotatable bonds is 4. The van der Waals surface area contributed by atoms with Gasteiger partial charge >= 0.3 is 0 Å². The van der Waals surface area contributed by atoms with Crippen LogP contribution in [0.2, 0.25) is 5.02 Å². The number of aryl methyl sites for hydroxylation is 2. The minimum absolute atomic E-state index is 0.241. The number of aliphatic hydroxyl groups is 1. The lowest BCUT2D eigenvalue weighted by Gasteiger charge is -2.10. The molecule has 1 aromatic heterocycles. The van der Waals surface area contributed by atoms with E-state index in [0.29, 0.717) is 23.4 Å². The molecule has 8 heteroatoms. The van der Waals surface area contributed by atoms with Crippen molar-refractivity contribution in [3.8, 4) is 0 Å². The highest BCUT2D eigenvalue weighted by Gasteiger charge is 2.19. The summed E-state index contributed by atoms with van der Waals surface area (Å²) in [6.45, 7) is 5.93. The third-order valence-corrected chi connectivity index (χ3v) is 3.90. The molecule has 0 spiro atoms. The Morgan fingerprint density at radius 3 is 2.67 bits per heavy atom. The van der Waals surface area contributed by atoms with Gasteiger partial charge in [0.15, 0.2) is 5.49 Å². The Balaban J connectivity index is 0.00000176. The van der Waals surface area contributed by atoms with Crippen molar-refractivity contribution in [3.05, 3.63) is 64.7 Å². The molecule has 0 aliphatic carbocycles. The minimum atomic E-state index is -0.897. The first-order valence-corrected chi connectivity index (χ1v) is 8.84. The first kappa shape index (κ1) is 22.1. The number of anilines is 1. The molecular weight excluding hydrogens is 368 g/mol. The summed E-state index contributed by atoms with van der Waals surface area (Å²) in [5, 5.41) is 12.2. The van der Waals surface area contributed by atoms with Crippen LogP contribution in [0.25, 0.3) is 0 Å². The van der Waals surface area contributed by atoms with E-state index in [4.69, 9.17) is 11.6 Å². The number of halogens is 1. The summed E-state index contributed by atoms with van der Waals surface area (Å²) in [5.41, 5.74) is 0.935. The van der Waals surface area contributed by atoms with Gasteiger partial charge in [-0.05, 0) is 18.1 Å². The van der Waals surface area contributed by atoms with E-state index < -0.39 is 17.4 Å². The SMILES string of the molecule is CC.CCc1cccc(NC(=O)/C(=C\O)C(=O)N=c2cnccn2C)c1Cl. The third-order valence-electron chi connectivity index (χ3n) is 3.46. The van der Waals surface area contributed by atoms with E-state index in [-0.39, 0.29) is 5.49 Å². The Morgan fingerprint density at radius 2 is 2.07 bits per heavy atom. The average molecular weight is 391 g/mol. The summed E-state index contributed by atoms with van der Waals surface area (Å²) in [7, 11) is 1.67. The topological polar surface area (TPSA) is 96.6 Å². The Hall–Kier alpha value is -2.93. The number of nitrogens with zero attached hydrogens (tertiary/aromatic N) is 3. The van der Waals surface area contributed by atoms with Crippen LogP contribution in [0, 0.1) is 0 Å². The van der Waals surface area contributed by atoms with Gasteiger partial charge in [0.2, 0.25) is 0 Å². The summed E-state index contributed by atoms with van der Waals surface area (Å²) in [6.07, 6.45) is 5.62. The number of aliphatic hydroxyl groups excluding tert-OH is 1. The first-order valence-electron chi connectivity index (χ1n) is 8.46. The zero-order chi connectivity index (χ0) is 20.4. The molecule has 2 aromatic rings. The van der Waals surface area contributed by atoms with Gasteiger partial charge in [0.25, 0.3) is 11.8 Å². The van der Waals surface area contributed by atoms with E-state index in [9.17, 15) is 14.7 Å². The molecule has 1 aromatic carbocycles. The number of amides is 2. The fourth-order valence-corrected chi connectivity index (χ4v) is 2.34. The number of aromatic nitrogens is 2. The van der Waals surface area contributed by atoms with E-state index in [0.717, 1.165) is 5.56 Å². The lowest BCUT2D eigenvalue weighted by atomic mass is 10.1. The molecular formula is C19H23ClN4O3. The van der Waals surface area contributed by atoms with Crippen LogP contribution >= 0.6 is 11.6 Å². The smallest absolute Gasteiger partial charge is 0.287 e. The molecule has 0 fully saturated rings. The summed E-state index contributed by atoms with van der Waals surface area (Å²) in [5.74, 6) is -1.70. The molecule has 0 atom stereocenters. The van der Waals surface area contributed by atoms with E-state index in [1.54, 1.807) is 29.9 Å². The summed E-state index contributed by atoms with van der Waals surface area (Å²) < 4.78 is 1.55. The van der Waals surface area contributed by atoms with Crippen molar-refractivity contribution in [1.82, 2.24) is 9.55 Å². The number of carbonyl (C=O) groups is 2. The van der Waals surface area contributed by atoms with Crippen LogP contribution in [0.1, 0.15) is 26.3 Å². The molecule has 0 radical (unpaired) electrons. The van der Waals surface area contributed by atoms with Crippen molar-refractivity contribution in [1.29, 1.82) is 0 Å². The van der Waals surface area contributed by atoms with Crippen LogP contribution in [-0.4, -0.2) is 26.5 Å². The van der Waals surface area contributed by atoms with Gasteiger partial charge in [-0.15, -0.1) is 0 Å².